The van der Waals surface area contributed by atoms with E-state index in [2.05, 4.69) is 11.9 Å². The molecule has 1 saturated carbocycles. The van der Waals surface area contributed by atoms with Crippen LogP contribution in [0.2, 0.25) is 0 Å². The Labute approximate surface area is 117 Å². The van der Waals surface area contributed by atoms with Gasteiger partial charge < -0.3 is 15.5 Å². The first-order valence-corrected chi connectivity index (χ1v) is 7.73. The minimum Gasteiger partial charge on any atom is -0.341 e. The van der Waals surface area contributed by atoms with Crippen LogP contribution < -0.4 is 5.73 Å². The molecule has 0 unspecified atom stereocenters. The molecular weight excluding hydrogens is 238 g/mol. The van der Waals surface area contributed by atoms with Crippen LogP contribution in [0.25, 0.3) is 0 Å². The van der Waals surface area contributed by atoms with Gasteiger partial charge in [-0.1, -0.05) is 13.8 Å². The number of nitrogens with zero attached hydrogens (tertiary/aromatic N) is 2. The third kappa shape index (κ3) is 3.93. The first-order chi connectivity index (χ1) is 8.99. The number of carbonyl (C=O) groups is 1. The van der Waals surface area contributed by atoms with Gasteiger partial charge >= 0.3 is 0 Å². The molecule has 1 aliphatic heterocycles. The molecule has 0 aromatic carbocycles. The summed E-state index contributed by atoms with van der Waals surface area (Å²) in [6.07, 6.45) is 5.08. The number of carbonyl (C=O) groups excluding carboxylic acids is 1. The second kappa shape index (κ2) is 6.23. The van der Waals surface area contributed by atoms with Crippen molar-refractivity contribution in [3.63, 3.8) is 0 Å². The lowest BCUT2D eigenvalue weighted by atomic mass is 9.95. The van der Waals surface area contributed by atoms with Gasteiger partial charge in [-0.25, -0.2) is 0 Å². The molecule has 1 amide bonds. The molecule has 0 bridgehead atoms. The van der Waals surface area contributed by atoms with Crippen molar-refractivity contribution in [2.75, 3.05) is 26.7 Å². The second-order valence-corrected chi connectivity index (χ2v) is 6.73. The molecule has 0 aromatic heterocycles. The van der Waals surface area contributed by atoms with Crippen LogP contribution in [0.5, 0.6) is 0 Å². The van der Waals surface area contributed by atoms with E-state index >= 15 is 0 Å². The molecular formula is C15H29N3O. The Morgan fingerprint density at radius 1 is 1.37 bits per heavy atom. The van der Waals surface area contributed by atoms with Crippen LogP contribution in [0.1, 0.15) is 39.5 Å². The van der Waals surface area contributed by atoms with Crippen LogP contribution in [0.4, 0.5) is 0 Å². The summed E-state index contributed by atoms with van der Waals surface area (Å²) in [6, 6.07) is 0.476. The highest BCUT2D eigenvalue weighted by Gasteiger charge is 2.32. The van der Waals surface area contributed by atoms with Crippen molar-refractivity contribution in [3.05, 3.63) is 0 Å². The Balaban J connectivity index is 1.83. The van der Waals surface area contributed by atoms with Crippen LogP contribution in [0.15, 0.2) is 0 Å². The van der Waals surface area contributed by atoms with Crippen LogP contribution in [0.3, 0.4) is 0 Å². The monoisotopic (exact) mass is 267 g/mol. The van der Waals surface area contributed by atoms with E-state index in [0.29, 0.717) is 5.92 Å². The first-order valence-electron chi connectivity index (χ1n) is 7.73. The molecule has 110 valence electrons. The Kier molecular flexibility index (Phi) is 4.85. The highest BCUT2D eigenvalue weighted by Crippen LogP contribution is 2.27. The molecule has 2 atom stereocenters. The fourth-order valence-electron chi connectivity index (χ4n) is 2.98. The first kappa shape index (κ1) is 14.8. The Bertz CT molecular complexity index is 315. The number of amides is 1. The van der Waals surface area contributed by atoms with Crippen molar-refractivity contribution >= 4 is 5.91 Å². The van der Waals surface area contributed by atoms with Gasteiger partial charge in [0.05, 0.1) is 6.04 Å². The molecule has 2 rings (SSSR count). The van der Waals surface area contributed by atoms with E-state index in [4.69, 9.17) is 5.73 Å². The van der Waals surface area contributed by atoms with E-state index in [1.54, 1.807) is 0 Å². The van der Waals surface area contributed by atoms with Gasteiger partial charge in [-0.15, -0.1) is 0 Å². The van der Waals surface area contributed by atoms with Crippen molar-refractivity contribution in [2.24, 2.45) is 17.6 Å². The molecule has 1 aliphatic carbocycles. The molecule has 1 saturated heterocycles. The molecule has 4 nitrogen and oxygen atoms in total. The maximum Gasteiger partial charge on any atom is 0.239 e. The third-order valence-electron chi connectivity index (χ3n) is 4.55. The van der Waals surface area contributed by atoms with E-state index in [0.717, 1.165) is 32.1 Å². The lowest BCUT2D eigenvalue weighted by Gasteiger charge is -2.36. The van der Waals surface area contributed by atoms with Gasteiger partial charge in [0, 0.05) is 25.7 Å². The minimum absolute atomic E-state index is 0.147. The largest absolute Gasteiger partial charge is 0.341 e. The van der Waals surface area contributed by atoms with Gasteiger partial charge in [0.1, 0.15) is 0 Å². The quantitative estimate of drug-likeness (QED) is 0.817. The summed E-state index contributed by atoms with van der Waals surface area (Å²) in [6.45, 7) is 6.96. The van der Waals surface area contributed by atoms with Crippen molar-refractivity contribution in [1.29, 1.82) is 0 Å². The van der Waals surface area contributed by atoms with Gasteiger partial charge in [0.15, 0.2) is 0 Å². The van der Waals surface area contributed by atoms with Crippen molar-refractivity contribution in [1.82, 2.24) is 9.80 Å². The summed E-state index contributed by atoms with van der Waals surface area (Å²) in [7, 11) is 2.22. The average Bonchev–Trinajstić information content (AvgIpc) is 3.21. The molecule has 0 radical (unpaired) electrons. The third-order valence-corrected chi connectivity index (χ3v) is 4.55. The normalized spacial score (nSPS) is 26.0. The Morgan fingerprint density at radius 2 is 2.05 bits per heavy atom. The molecule has 2 aliphatic rings. The number of hydrogen-bond acceptors (Lipinski definition) is 3. The average molecular weight is 267 g/mol. The summed E-state index contributed by atoms with van der Waals surface area (Å²) < 4.78 is 0. The predicted octanol–water partition coefficient (Wildman–Crippen LogP) is 1.30. The molecule has 0 aromatic rings. The molecule has 2 N–H and O–H groups in total. The van der Waals surface area contributed by atoms with Gasteiger partial charge in [-0.05, 0) is 44.6 Å². The fraction of sp³-hybridized carbons (Fsp3) is 0.933. The van der Waals surface area contributed by atoms with E-state index < -0.39 is 0 Å². The zero-order chi connectivity index (χ0) is 14.0. The number of piperidine rings is 1. The maximum atomic E-state index is 12.3. The van der Waals surface area contributed by atoms with Crippen molar-refractivity contribution in [2.45, 2.75) is 51.6 Å². The second-order valence-electron chi connectivity index (χ2n) is 6.73. The van der Waals surface area contributed by atoms with Crippen LogP contribution >= 0.6 is 0 Å². The van der Waals surface area contributed by atoms with Gasteiger partial charge in [0.2, 0.25) is 5.91 Å². The maximum absolute atomic E-state index is 12.3. The summed E-state index contributed by atoms with van der Waals surface area (Å²) in [5, 5.41) is 0. The van der Waals surface area contributed by atoms with Crippen molar-refractivity contribution < 1.29 is 4.79 Å². The predicted molar refractivity (Wildman–Crippen MR) is 77.8 cm³/mol. The smallest absolute Gasteiger partial charge is 0.239 e. The topological polar surface area (TPSA) is 49.6 Å². The van der Waals surface area contributed by atoms with Crippen molar-refractivity contribution in [3.8, 4) is 0 Å². The highest BCUT2D eigenvalue weighted by molar-refractivity contribution is 5.82. The molecule has 19 heavy (non-hydrogen) atoms. The number of hydrogen-bond donors (Lipinski definition) is 1. The summed E-state index contributed by atoms with van der Waals surface area (Å²) in [4.78, 5) is 16.8. The van der Waals surface area contributed by atoms with Crippen LogP contribution in [-0.4, -0.2) is 54.5 Å². The minimum atomic E-state index is -0.333. The molecule has 1 heterocycles. The summed E-state index contributed by atoms with van der Waals surface area (Å²) in [5.74, 6) is 0.999. The van der Waals surface area contributed by atoms with E-state index in [-0.39, 0.29) is 17.9 Å². The van der Waals surface area contributed by atoms with Gasteiger partial charge in [0.25, 0.3) is 0 Å². The number of rotatable bonds is 5. The van der Waals surface area contributed by atoms with E-state index in [1.807, 2.05) is 18.7 Å². The molecule has 4 heteroatoms. The van der Waals surface area contributed by atoms with E-state index in [9.17, 15) is 4.79 Å². The number of nitrogens with two attached hydrogens (primary N) is 1. The Morgan fingerprint density at radius 3 is 2.63 bits per heavy atom. The molecule has 0 spiro atoms. The lowest BCUT2D eigenvalue weighted by molar-refractivity contribution is -0.135. The standard InChI is InChI=1S/C15H29N3O/c1-11(2)14(16)15(19)18-8-4-5-12(10-18)9-17(3)13-6-7-13/h11-14H,4-10,16H2,1-3H3/t12-,14-/m0/s1. The number of likely N-dealkylation sites (tertiary alicyclic amines) is 1. The van der Waals surface area contributed by atoms with E-state index in [1.165, 1.54) is 19.3 Å². The SMILES string of the molecule is CC(C)[C@H](N)C(=O)N1CCC[C@@H](CN(C)C2CC2)C1. The zero-order valence-electron chi connectivity index (χ0n) is 12.6. The summed E-state index contributed by atoms with van der Waals surface area (Å²) in [5.41, 5.74) is 5.99. The lowest BCUT2D eigenvalue weighted by Crippen LogP contribution is -2.51. The van der Waals surface area contributed by atoms with Crippen LogP contribution in [-0.2, 0) is 4.79 Å². The van der Waals surface area contributed by atoms with Crippen LogP contribution in [0, 0.1) is 11.8 Å². The van der Waals surface area contributed by atoms with Gasteiger partial charge in [-0.2, -0.15) is 0 Å². The Hall–Kier alpha value is -0.610. The summed E-state index contributed by atoms with van der Waals surface area (Å²) >= 11 is 0. The van der Waals surface area contributed by atoms with Gasteiger partial charge in [-0.3, -0.25) is 4.79 Å². The molecule has 2 fully saturated rings. The zero-order valence-corrected chi connectivity index (χ0v) is 12.6. The fourth-order valence-corrected chi connectivity index (χ4v) is 2.98. The highest BCUT2D eigenvalue weighted by atomic mass is 16.2.